The van der Waals surface area contributed by atoms with E-state index in [0.717, 1.165) is 29.6 Å². The molecule has 36 heavy (non-hydrogen) atoms. The van der Waals surface area contributed by atoms with Gasteiger partial charge in [0.25, 0.3) is 5.56 Å². The molecule has 2 N–H and O–H groups in total. The first-order valence-corrected chi connectivity index (χ1v) is 11.8. The lowest BCUT2D eigenvalue weighted by Gasteiger charge is -2.32. The molecule has 1 saturated heterocycles. The first-order chi connectivity index (χ1) is 17.5. The number of likely N-dealkylation sites (N-methyl/N-ethyl adjacent to an activating group) is 1. The van der Waals surface area contributed by atoms with Gasteiger partial charge in [-0.25, -0.2) is 9.07 Å². The maximum Gasteiger partial charge on any atom is 0.258 e. The van der Waals surface area contributed by atoms with Gasteiger partial charge in [-0.3, -0.25) is 9.59 Å². The minimum atomic E-state index is -0.390. The molecular formula is C26H24FN7O2. The van der Waals surface area contributed by atoms with Gasteiger partial charge < -0.3 is 19.8 Å². The Labute approximate surface area is 205 Å². The van der Waals surface area contributed by atoms with Crippen LogP contribution >= 0.6 is 0 Å². The number of aromatic amines is 2. The number of piperazine rings is 1. The van der Waals surface area contributed by atoms with Gasteiger partial charge in [0.05, 0.1) is 23.9 Å². The van der Waals surface area contributed by atoms with E-state index >= 15 is 0 Å². The van der Waals surface area contributed by atoms with Crippen LogP contribution in [-0.4, -0.2) is 73.9 Å². The van der Waals surface area contributed by atoms with E-state index in [1.807, 2.05) is 29.3 Å². The number of carbonyl (C=O) groups excluding carboxylic acids is 1. The second-order valence-corrected chi connectivity index (χ2v) is 9.16. The Hall–Kier alpha value is -4.31. The predicted octanol–water partition coefficient (Wildman–Crippen LogP) is 2.71. The van der Waals surface area contributed by atoms with Gasteiger partial charge in [-0.15, -0.1) is 5.10 Å². The van der Waals surface area contributed by atoms with Crippen molar-refractivity contribution in [3.05, 3.63) is 76.6 Å². The molecule has 0 radical (unpaired) electrons. The zero-order chi connectivity index (χ0) is 24.8. The quantitative estimate of drug-likeness (QED) is 0.408. The highest BCUT2D eigenvalue weighted by Crippen LogP contribution is 2.27. The van der Waals surface area contributed by atoms with Crippen LogP contribution in [0.3, 0.4) is 0 Å². The van der Waals surface area contributed by atoms with Crippen molar-refractivity contribution in [2.45, 2.75) is 6.42 Å². The smallest absolute Gasteiger partial charge is 0.258 e. The van der Waals surface area contributed by atoms with Crippen LogP contribution in [0.25, 0.3) is 38.8 Å². The molecule has 0 spiro atoms. The summed E-state index contributed by atoms with van der Waals surface area (Å²) in [6.07, 6.45) is 3.73. The summed E-state index contributed by atoms with van der Waals surface area (Å²) in [5, 5.41) is 10.0. The van der Waals surface area contributed by atoms with Crippen LogP contribution in [0.1, 0.15) is 5.56 Å². The normalized spacial score (nSPS) is 14.7. The molecule has 0 unspecified atom stereocenters. The molecule has 0 bridgehead atoms. The standard InChI is InChI=1S/C26H24FN7O2/c1-32-8-10-33(11-9-32)25(35)14-19-18-6-7-28-22(18)4-5-24(19)34-15-23(30-31-34)20-13-16-12-17(27)2-3-21(16)29-26(20)36/h2-7,12-13,15,28H,8-11,14H2,1H3,(H,29,36). The van der Waals surface area contributed by atoms with Gasteiger partial charge in [0.15, 0.2) is 0 Å². The number of halogens is 1. The highest BCUT2D eigenvalue weighted by molar-refractivity contribution is 5.91. The maximum absolute atomic E-state index is 13.7. The van der Waals surface area contributed by atoms with Crippen molar-refractivity contribution in [1.82, 2.24) is 34.8 Å². The number of H-pyrrole nitrogens is 2. The van der Waals surface area contributed by atoms with E-state index in [9.17, 15) is 14.0 Å². The van der Waals surface area contributed by atoms with E-state index in [1.54, 1.807) is 16.9 Å². The topological polar surface area (TPSA) is 103 Å². The molecule has 182 valence electrons. The second kappa shape index (κ2) is 8.72. The third-order valence-electron chi connectivity index (χ3n) is 6.83. The minimum Gasteiger partial charge on any atom is -0.361 e. The van der Waals surface area contributed by atoms with Crippen molar-refractivity contribution >= 4 is 27.7 Å². The molecule has 0 atom stereocenters. The Morgan fingerprint density at radius 1 is 1.06 bits per heavy atom. The fourth-order valence-electron chi connectivity index (χ4n) is 4.78. The number of nitrogens with zero attached hydrogens (tertiary/aromatic N) is 5. The monoisotopic (exact) mass is 485 g/mol. The molecule has 3 aromatic heterocycles. The van der Waals surface area contributed by atoms with Crippen LogP contribution in [0, 0.1) is 5.82 Å². The van der Waals surface area contributed by atoms with Gasteiger partial charge in [0.2, 0.25) is 5.91 Å². The van der Waals surface area contributed by atoms with Gasteiger partial charge in [-0.1, -0.05) is 5.21 Å². The summed E-state index contributed by atoms with van der Waals surface area (Å²) < 4.78 is 15.3. The first kappa shape index (κ1) is 22.2. The highest BCUT2D eigenvalue weighted by atomic mass is 19.1. The fourth-order valence-corrected chi connectivity index (χ4v) is 4.78. The van der Waals surface area contributed by atoms with E-state index in [1.165, 1.54) is 18.2 Å². The maximum atomic E-state index is 13.7. The molecule has 1 amide bonds. The summed E-state index contributed by atoms with van der Waals surface area (Å²) in [5.41, 5.74) is 3.32. The zero-order valence-corrected chi connectivity index (χ0v) is 19.7. The number of nitrogens with one attached hydrogen (secondary N) is 2. The number of fused-ring (bicyclic) bond motifs is 2. The molecule has 5 aromatic rings. The van der Waals surface area contributed by atoms with E-state index in [2.05, 4.69) is 32.2 Å². The van der Waals surface area contributed by atoms with Gasteiger partial charge in [-0.2, -0.15) is 0 Å². The Morgan fingerprint density at radius 2 is 1.86 bits per heavy atom. The lowest BCUT2D eigenvalue weighted by Crippen LogP contribution is -2.47. The largest absolute Gasteiger partial charge is 0.361 e. The van der Waals surface area contributed by atoms with Crippen LogP contribution in [-0.2, 0) is 11.2 Å². The number of hydrogen-bond donors (Lipinski definition) is 2. The SMILES string of the molecule is CN1CCN(C(=O)Cc2c(-n3cc(-c4cc5cc(F)ccc5[nH]c4=O)nn3)ccc3[nH]ccc23)CC1. The molecule has 1 aliphatic rings. The molecule has 9 nitrogen and oxygen atoms in total. The van der Waals surface area contributed by atoms with E-state index in [0.29, 0.717) is 35.4 Å². The summed E-state index contributed by atoms with van der Waals surface area (Å²) >= 11 is 0. The lowest BCUT2D eigenvalue weighted by atomic mass is 10.0. The van der Waals surface area contributed by atoms with Crippen molar-refractivity contribution in [2.24, 2.45) is 0 Å². The van der Waals surface area contributed by atoms with E-state index < -0.39 is 5.82 Å². The molecule has 1 fully saturated rings. The molecule has 6 rings (SSSR count). The summed E-state index contributed by atoms with van der Waals surface area (Å²) in [6, 6.07) is 11.6. The fraction of sp³-hybridized carbons (Fsp3) is 0.231. The van der Waals surface area contributed by atoms with Crippen LogP contribution in [0.2, 0.25) is 0 Å². The number of amides is 1. The number of aromatic nitrogens is 5. The predicted molar refractivity (Wildman–Crippen MR) is 135 cm³/mol. The van der Waals surface area contributed by atoms with Crippen LogP contribution in [0.4, 0.5) is 4.39 Å². The molecule has 10 heteroatoms. The van der Waals surface area contributed by atoms with Crippen molar-refractivity contribution in [2.75, 3.05) is 33.2 Å². The summed E-state index contributed by atoms with van der Waals surface area (Å²) in [4.78, 5) is 36.0. The lowest BCUT2D eigenvalue weighted by molar-refractivity contribution is -0.132. The zero-order valence-electron chi connectivity index (χ0n) is 19.7. The first-order valence-electron chi connectivity index (χ1n) is 11.8. The van der Waals surface area contributed by atoms with Crippen molar-refractivity contribution < 1.29 is 9.18 Å². The van der Waals surface area contributed by atoms with Crippen molar-refractivity contribution in [1.29, 1.82) is 0 Å². The Balaban J connectivity index is 1.39. The highest BCUT2D eigenvalue weighted by Gasteiger charge is 2.22. The number of carbonyl (C=O) groups is 1. The molecule has 0 aliphatic carbocycles. The minimum absolute atomic E-state index is 0.0615. The van der Waals surface area contributed by atoms with E-state index in [-0.39, 0.29) is 23.5 Å². The second-order valence-electron chi connectivity index (χ2n) is 9.16. The number of benzene rings is 2. The molecule has 4 heterocycles. The Morgan fingerprint density at radius 3 is 2.69 bits per heavy atom. The third-order valence-corrected chi connectivity index (χ3v) is 6.83. The van der Waals surface area contributed by atoms with E-state index in [4.69, 9.17) is 0 Å². The molecule has 0 saturated carbocycles. The van der Waals surface area contributed by atoms with Crippen LogP contribution < -0.4 is 5.56 Å². The van der Waals surface area contributed by atoms with Crippen molar-refractivity contribution in [3.8, 4) is 16.9 Å². The van der Waals surface area contributed by atoms with Crippen LogP contribution in [0.5, 0.6) is 0 Å². The molecule has 2 aromatic carbocycles. The average molecular weight is 486 g/mol. The average Bonchev–Trinajstić information content (AvgIpc) is 3.54. The third kappa shape index (κ3) is 3.95. The van der Waals surface area contributed by atoms with Gasteiger partial charge in [-0.05, 0) is 55.1 Å². The van der Waals surface area contributed by atoms with Gasteiger partial charge in [0.1, 0.15) is 11.5 Å². The summed E-state index contributed by atoms with van der Waals surface area (Å²) in [5.74, 6) is -0.329. The Bertz CT molecular complexity index is 1660. The van der Waals surface area contributed by atoms with Gasteiger partial charge in [0, 0.05) is 54.2 Å². The molecular weight excluding hydrogens is 461 g/mol. The van der Waals surface area contributed by atoms with Crippen LogP contribution in [0.15, 0.2) is 59.7 Å². The van der Waals surface area contributed by atoms with Crippen molar-refractivity contribution in [3.63, 3.8) is 0 Å². The number of rotatable bonds is 4. The molecule has 1 aliphatic heterocycles. The van der Waals surface area contributed by atoms with Gasteiger partial charge >= 0.3 is 0 Å². The number of pyridine rings is 1. The Kier molecular flexibility index (Phi) is 5.37. The summed E-state index contributed by atoms with van der Waals surface area (Å²) in [7, 11) is 2.06. The number of hydrogen-bond acceptors (Lipinski definition) is 5. The summed E-state index contributed by atoms with van der Waals surface area (Å²) in [6.45, 7) is 3.10.